The molecule has 0 radical (unpaired) electrons. The third-order valence-corrected chi connectivity index (χ3v) is 4.59. The van der Waals surface area contributed by atoms with E-state index >= 15 is 0 Å². The predicted molar refractivity (Wildman–Crippen MR) is 56.0 cm³/mol. The van der Waals surface area contributed by atoms with Gasteiger partial charge in [-0.15, -0.1) is 0 Å². The summed E-state index contributed by atoms with van der Waals surface area (Å²) >= 11 is 0. The lowest BCUT2D eigenvalue weighted by molar-refractivity contribution is -0.118. The van der Waals surface area contributed by atoms with E-state index in [9.17, 15) is 13.2 Å². The Morgan fingerprint density at radius 2 is 1.93 bits per heavy atom. The Balaban J connectivity index is 2.61. The van der Waals surface area contributed by atoms with Crippen molar-refractivity contribution in [3.05, 3.63) is 0 Å². The Labute approximate surface area is 90.2 Å². The monoisotopic (exact) mass is 235 g/mol. The zero-order valence-electron chi connectivity index (χ0n) is 9.02. The van der Waals surface area contributed by atoms with Crippen LogP contribution in [0.1, 0.15) is 26.7 Å². The number of Topliss-reactive ketones (excluding diaryl/α,β-unsaturated/α-hetero) is 1. The fourth-order valence-electron chi connectivity index (χ4n) is 1.41. The molecule has 1 fully saturated rings. The highest BCUT2D eigenvalue weighted by molar-refractivity contribution is 7.90. The van der Waals surface area contributed by atoms with Crippen molar-refractivity contribution in [1.29, 1.82) is 0 Å². The van der Waals surface area contributed by atoms with E-state index in [0.717, 1.165) is 0 Å². The standard InChI is InChI=1S/C9H17NO4S/c1-7(8(2)11)10-15(12,13)9-3-5-14-6-4-9/h7,9-10H,3-6H2,1-2H3. The molecule has 1 heterocycles. The zero-order chi connectivity index (χ0) is 11.5. The van der Waals surface area contributed by atoms with E-state index in [4.69, 9.17) is 4.74 Å². The van der Waals surface area contributed by atoms with Crippen LogP contribution in [0.4, 0.5) is 0 Å². The number of hydrogen-bond acceptors (Lipinski definition) is 4. The van der Waals surface area contributed by atoms with Crippen LogP contribution in [0.15, 0.2) is 0 Å². The summed E-state index contributed by atoms with van der Waals surface area (Å²) in [5, 5.41) is -0.423. The van der Waals surface area contributed by atoms with E-state index in [1.165, 1.54) is 6.92 Å². The van der Waals surface area contributed by atoms with Gasteiger partial charge < -0.3 is 4.74 Å². The summed E-state index contributed by atoms with van der Waals surface area (Å²) in [6, 6.07) is -0.641. The van der Waals surface area contributed by atoms with Crippen LogP contribution in [0.3, 0.4) is 0 Å². The van der Waals surface area contributed by atoms with Crippen LogP contribution in [-0.2, 0) is 19.6 Å². The van der Waals surface area contributed by atoms with Gasteiger partial charge >= 0.3 is 0 Å². The minimum atomic E-state index is -3.38. The highest BCUT2D eigenvalue weighted by Crippen LogP contribution is 2.15. The molecule has 0 amide bonds. The van der Waals surface area contributed by atoms with Gasteiger partial charge in [0.15, 0.2) is 0 Å². The average Bonchev–Trinajstić information content (AvgIpc) is 2.18. The SMILES string of the molecule is CC(=O)C(C)NS(=O)(=O)C1CCOCC1. The van der Waals surface area contributed by atoms with Gasteiger partial charge in [0, 0.05) is 13.2 Å². The van der Waals surface area contributed by atoms with Gasteiger partial charge in [-0.25, -0.2) is 13.1 Å². The lowest BCUT2D eigenvalue weighted by Crippen LogP contribution is -2.44. The molecule has 15 heavy (non-hydrogen) atoms. The topological polar surface area (TPSA) is 72.5 Å². The fourth-order valence-corrected chi connectivity index (χ4v) is 3.08. The van der Waals surface area contributed by atoms with Crippen LogP contribution < -0.4 is 4.72 Å². The predicted octanol–water partition coefficient (Wildman–Crippen LogP) is 0.0623. The molecule has 1 N–H and O–H groups in total. The maximum Gasteiger partial charge on any atom is 0.215 e. The molecule has 1 saturated heterocycles. The van der Waals surface area contributed by atoms with E-state index in [-0.39, 0.29) is 5.78 Å². The molecule has 1 aliphatic rings. The third kappa shape index (κ3) is 3.55. The van der Waals surface area contributed by atoms with Crippen molar-refractivity contribution < 1.29 is 17.9 Å². The first kappa shape index (κ1) is 12.6. The van der Waals surface area contributed by atoms with Crippen molar-refractivity contribution in [3.63, 3.8) is 0 Å². The second-order valence-corrected chi connectivity index (χ2v) is 5.80. The maximum atomic E-state index is 11.8. The molecule has 0 aliphatic carbocycles. The number of carbonyl (C=O) groups is 1. The Bertz CT molecular complexity index is 319. The summed E-state index contributed by atoms with van der Waals surface area (Å²) in [6.07, 6.45) is 1.000. The molecule has 0 saturated carbocycles. The minimum absolute atomic E-state index is 0.175. The number of sulfonamides is 1. The van der Waals surface area contributed by atoms with E-state index in [0.29, 0.717) is 26.1 Å². The normalized spacial score (nSPS) is 21.2. The lowest BCUT2D eigenvalue weighted by atomic mass is 10.2. The molecule has 5 nitrogen and oxygen atoms in total. The molecule has 1 aliphatic heterocycles. The molecule has 0 bridgehead atoms. The van der Waals surface area contributed by atoms with Crippen LogP contribution in [0.25, 0.3) is 0 Å². The first-order valence-electron chi connectivity index (χ1n) is 5.03. The van der Waals surface area contributed by atoms with Crippen molar-refractivity contribution >= 4 is 15.8 Å². The molecule has 88 valence electrons. The first-order valence-corrected chi connectivity index (χ1v) is 6.57. The summed E-state index contributed by atoms with van der Waals surface area (Å²) in [5.41, 5.74) is 0. The van der Waals surface area contributed by atoms with Crippen LogP contribution in [0, 0.1) is 0 Å². The van der Waals surface area contributed by atoms with Crippen LogP contribution in [0.2, 0.25) is 0 Å². The van der Waals surface area contributed by atoms with Gasteiger partial charge in [0.2, 0.25) is 10.0 Å². The number of ketones is 1. The van der Waals surface area contributed by atoms with E-state index < -0.39 is 21.3 Å². The molecule has 0 spiro atoms. The number of ether oxygens (including phenoxy) is 1. The number of hydrogen-bond donors (Lipinski definition) is 1. The number of nitrogens with one attached hydrogen (secondary N) is 1. The van der Waals surface area contributed by atoms with Gasteiger partial charge in [-0.2, -0.15) is 0 Å². The van der Waals surface area contributed by atoms with Crippen molar-refractivity contribution in [2.45, 2.75) is 38.0 Å². The first-order chi connectivity index (χ1) is 6.93. The minimum Gasteiger partial charge on any atom is -0.381 e. The quantitative estimate of drug-likeness (QED) is 0.748. The maximum absolute atomic E-state index is 11.8. The van der Waals surface area contributed by atoms with Crippen molar-refractivity contribution in [1.82, 2.24) is 4.72 Å². The van der Waals surface area contributed by atoms with E-state index in [2.05, 4.69) is 4.72 Å². The Morgan fingerprint density at radius 3 is 2.40 bits per heavy atom. The van der Waals surface area contributed by atoms with Gasteiger partial charge in [0.05, 0.1) is 11.3 Å². The van der Waals surface area contributed by atoms with Crippen molar-refractivity contribution in [2.24, 2.45) is 0 Å². The molecule has 0 aromatic carbocycles. The van der Waals surface area contributed by atoms with Gasteiger partial charge in [-0.1, -0.05) is 0 Å². The molecule has 6 heteroatoms. The molecule has 1 rings (SSSR count). The summed E-state index contributed by atoms with van der Waals surface area (Å²) in [7, 11) is -3.38. The summed E-state index contributed by atoms with van der Waals surface area (Å²) in [4.78, 5) is 11.0. The highest BCUT2D eigenvalue weighted by Gasteiger charge is 2.29. The fraction of sp³-hybridized carbons (Fsp3) is 0.889. The van der Waals surface area contributed by atoms with Crippen LogP contribution in [-0.4, -0.2) is 38.7 Å². The Morgan fingerprint density at radius 1 is 1.40 bits per heavy atom. The van der Waals surface area contributed by atoms with Crippen LogP contribution >= 0.6 is 0 Å². The molecule has 0 aromatic rings. The second-order valence-electron chi connectivity index (χ2n) is 3.81. The second kappa shape index (κ2) is 5.05. The van der Waals surface area contributed by atoms with Crippen molar-refractivity contribution in [2.75, 3.05) is 13.2 Å². The van der Waals surface area contributed by atoms with Gasteiger partial charge in [0.1, 0.15) is 5.78 Å². The Kier molecular flexibility index (Phi) is 4.24. The van der Waals surface area contributed by atoms with Gasteiger partial charge in [0.25, 0.3) is 0 Å². The average molecular weight is 235 g/mol. The number of carbonyl (C=O) groups excluding carboxylic acids is 1. The molecular weight excluding hydrogens is 218 g/mol. The summed E-state index contributed by atoms with van der Waals surface area (Å²) in [5.74, 6) is -0.175. The third-order valence-electron chi connectivity index (χ3n) is 2.56. The van der Waals surface area contributed by atoms with Gasteiger partial charge in [-0.3, -0.25) is 4.79 Å². The largest absolute Gasteiger partial charge is 0.381 e. The lowest BCUT2D eigenvalue weighted by Gasteiger charge is -2.23. The van der Waals surface area contributed by atoms with Crippen molar-refractivity contribution in [3.8, 4) is 0 Å². The van der Waals surface area contributed by atoms with E-state index in [1.54, 1.807) is 6.92 Å². The zero-order valence-corrected chi connectivity index (χ0v) is 9.84. The summed E-state index contributed by atoms with van der Waals surface area (Å²) in [6.45, 7) is 3.87. The molecule has 1 atom stereocenters. The highest BCUT2D eigenvalue weighted by atomic mass is 32.2. The smallest absolute Gasteiger partial charge is 0.215 e. The Hall–Kier alpha value is -0.460. The van der Waals surface area contributed by atoms with E-state index in [1.807, 2.05) is 0 Å². The molecular formula is C9H17NO4S. The molecule has 0 aromatic heterocycles. The number of rotatable bonds is 4. The molecule has 1 unspecified atom stereocenters. The summed E-state index contributed by atoms with van der Waals surface area (Å²) < 4.78 is 31.0. The van der Waals surface area contributed by atoms with Gasteiger partial charge in [-0.05, 0) is 26.7 Å². The van der Waals surface area contributed by atoms with Crippen LogP contribution in [0.5, 0.6) is 0 Å².